The van der Waals surface area contributed by atoms with Crippen LogP contribution in [0.1, 0.15) is 31.6 Å². The van der Waals surface area contributed by atoms with Gasteiger partial charge in [0.2, 0.25) is 5.91 Å². The molecule has 0 unspecified atom stereocenters. The summed E-state index contributed by atoms with van der Waals surface area (Å²) in [6.07, 6.45) is 0.670. The molecule has 0 fully saturated rings. The highest BCUT2D eigenvalue weighted by Crippen LogP contribution is 2.23. The number of hydrazone groups is 1. The molecule has 6 heteroatoms. The van der Waals surface area contributed by atoms with E-state index in [1.165, 1.54) is 5.01 Å². The number of nitrogens with one attached hydrogen (secondary N) is 1. The van der Waals surface area contributed by atoms with Crippen LogP contribution in [0.2, 0.25) is 0 Å². The molecular weight excluding hydrogens is 282 g/mol. The zero-order valence-electron chi connectivity index (χ0n) is 12.5. The number of fused-ring (bicyclic) bond motifs is 1. The van der Waals surface area contributed by atoms with E-state index in [9.17, 15) is 9.59 Å². The van der Waals surface area contributed by atoms with E-state index in [4.69, 9.17) is 4.42 Å². The normalized spacial score (nSPS) is 16.5. The molecule has 1 atom stereocenters. The van der Waals surface area contributed by atoms with Crippen LogP contribution in [0.25, 0.3) is 11.0 Å². The SMILES string of the molecule is C[C@@H](NC(=O)C1=NN(C)C(=O)CC1)c1cc2ccccc2o1. The van der Waals surface area contributed by atoms with Gasteiger partial charge in [-0.15, -0.1) is 0 Å². The summed E-state index contributed by atoms with van der Waals surface area (Å²) < 4.78 is 5.74. The van der Waals surface area contributed by atoms with E-state index in [2.05, 4.69) is 10.4 Å². The molecule has 0 radical (unpaired) electrons. The van der Waals surface area contributed by atoms with Gasteiger partial charge in [0.05, 0.1) is 6.04 Å². The van der Waals surface area contributed by atoms with Crippen LogP contribution in [0.5, 0.6) is 0 Å². The topological polar surface area (TPSA) is 74.9 Å². The molecule has 2 aromatic rings. The van der Waals surface area contributed by atoms with Gasteiger partial charge in [0.1, 0.15) is 17.1 Å². The maximum atomic E-state index is 12.2. The number of carbonyl (C=O) groups is 2. The molecule has 1 aliphatic heterocycles. The lowest BCUT2D eigenvalue weighted by atomic mass is 10.1. The van der Waals surface area contributed by atoms with Crippen LogP contribution in [-0.2, 0) is 9.59 Å². The van der Waals surface area contributed by atoms with Crippen LogP contribution >= 0.6 is 0 Å². The number of hydrogen-bond donors (Lipinski definition) is 1. The van der Waals surface area contributed by atoms with Gasteiger partial charge < -0.3 is 9.73 Å². The van der Waals surface area contributed by atoms with Crippen molar-refractivity contribution in [3.05, 3.63) is 36.1 Å². The molecule has 0 saturated carbocycles. The van der Waals surface area contributed by atoms with E-state index in [-0.39, 0.29) is 17.9 Å². The zero-order valence-corrected chi connectivity index (χ0v) is 12.5. The second-order valence-electron chi connectivity index (χ2n) is 5.35. The number of rotatable bonds is 3. The van der Waals surface area contributed by atoms with Crippen LogP contribution in [0.3, 0.4) is 0 Å². The minimum absolute atomic E-state index is 0.0816. The van der Waals surface area contributed by atoms with Gasteiger partial charge in [0.15, 0.2) is 0 Å². The van der Waals surface area contributed by atoms with Crippen LogP contribution in [-0.4, -0.2) is 29.6 Å². The van der Waals surface area contributed by atoms with Crippen LogP contribution in [0.4, 0.5) is 0 Å². The summed E-state index contributed by atoms with van der Waals surface area (Å²) in [5.74, 6) is 0.338. The summed E-state index contributed by atoms with van der Waals surface area (Å²) in [5, 5.41) is 9.08. The van der Waals surface area contributed by atoms with Crippen molar-refractivity contribution in [2.75, 3.05) is 7.05 Å². The smallest absolute Gasteiger partial charge is 0.268 e. The molecule has 0 aliphatic carbocycles. The Balaban J connectivity index is 1.73. The van der Waals surface area contributed by atoms with Crippen molar-refractivity contribution < 1.29 is 14.0 Å². The number of nitrogens with zero attached hydrogens (tertiary/aromatic N) is 2. The number of furan rings is 1. The summed E-state index contributed by atoms with van der Waals surface area (Å²) in [4.78, 5) is 23.6. The fraction of sp³-hybridized carbons (Fsp3) is 0.312. The summed E-state index contributed by atoms with van der Waals surface area (Å²) in [7, 11) is 1.55. The predicted molar refractivity (Wildman–Crippen MR) is 82.2 cm³/mol. The molecule has 1 aliphatic rings. The van der Waals surface area contributed by atoms with E-state index < -0.39 is 0 Å². The van der Waals surface area contributed by atoms with E-state index in [0.29, 0.717) is 24.3 Å². The number of hydrogen-bond acceptors (Lipinski definition) is 4. The third-order valence-electron chi connectivity index (χ3n) is 3.69. The molecule has 2 amide bonds. The Morgan fingerprint density at radius 3 is 2.86 bits per heavy atom. The van der Waals surface area contributed by atoms with Crippen molar-refractivity contribution in [2.45, 2.75) is 25.8 Å². The summed E-state index contributed by atoms with van der Waals surface area (Å²) in [5.41, 5.74) is 1.16. The number of para-hydroxylation sites is 1. The molecule has 3 rings (SSSR count). The first-order valence-electron chi connectivity index (χ1n) is 7.18. The second-order valence-corrected chi connectivity index (χ2v) is 5.35. The van der Waals surface area contributed by atoms with Crippen molar-refractivity contribution in [1.82, 2.24) is 10.3 Å². The third-order valence-corrected chi connectivity index (χ3v) is 3.69. The van der Waals surface area contributed by atoms with Gasteiger partial charge in [-0.3, -0.25) is 9.59 Å². The fourth-order valence-corrected chi connectivity index (χ4v) is 2.40. The van der Waals surface area contributed by atoms with Gasteiger partial charge in [-0.25, -0.2) is 5.01 Å². The molecule has 114 valence electrons. The molecule has 0 spiro atoms. The summed E-state index contributed by atoms with van der Waals surface area (Å²) >= 11 is 0. The number of amides is 2. The third kappa shape index (κ3) is 2.72. The van der Waals surface area contributed by atoms with Gasteiger partial charge in [0.25, 0.3) is 5.91 Å². The average molecular weight is 299 g/mol. The largest absolute Gasteiger partial charge is 0.459 e. The first-order valence-corrected chi connectivity index (χ1v) is 7.18. The van der Waals surface area contributed by atoms with Gasteiger partial charge in [-0.1, -0.05) is 18.2 Å². The van der Waals surface area contributed by atoms with Gasteiger partial charge in [0, 0.05) is 25.3 Å². The standard InChI is InChI=1S/C16H17N3O3/c1-10(14-9-11-5-3-4-6-13(11)22-14)17-16(21)12-7-8-15(20)19(2)18-12/h3-6,9-10H,7-8H2,1-2H3,(H,17,21)/t10-/m1/s1. The van der Waals surface area contributed by atoms with Crippen LogP contribution in [0.15, 0.2) is 39.9 Å². The average Bonchev–Trinajstić information content (AvgIpc) is 2.94. The minimum atomic E-state index is -0.273. The Labute approximate surface area is 127 Å². The maximum absolute atomic E-state index is 12.2. The Hall–Kier alpha value is -2.63. The summed E-state index contributed by atoms with van der Waals surface area (Å²) in [6.45, 7) is 1.86. The highest BCUT2D eigenvalue weighted by molar-refractivity contribution is 6.39. The van der Waals surface area contributed by atoms with Gasteiger partial charge >= 0.3 is 0 Å². The Kier molecular flexibility index (Phi) is 3.66. The van der Waals surface area contributed by atoms with Crippen molar-refractivity contribution >= 4 is 28.5 Å². The Bertz CT molecular complexity index is 730. The molecule has 2 heterocycles. The molecule has 1 aromatic carbocycles. The van der Waals surface area contributed by atoms with E-state index in [0.717, 1.165) is 11.0 Å². The zero-order chi connectivity index (χ0) is 15.7. The molecule has 1 aromatic heterocycles. The van der Waals surface area contributed by atoms with Crippen LogP contribution in [0, 0.1) is 0 Å². The lowest BCUT2D eigenvalue weighted by molar-refractivity contribution is -0.130. The van der Waals surface area contributed by atoms with Crippen molar-refractivity contribution in [3.8, 4) is 0 Å². The quantitative estimate of drug-likeness (QED) is 0.944. The monoisotopic (exact) mass is 299 g/mol. The first-order chi connectivity index (χ1) is 10.5. The van der Waals surface area contributed by atoms with Crippen molar-refractivity contribution in [1.29, 1.82) is 0 Å². The molecule has 22 heavy (non-hydrogen) atoms. The number of carbonyl (C=O) groups excluding carboxylic acids is 2. The molecular formula is C16H17N3O3. The fourth-order valence-electron chi connectivity index (χ4n) is 2.40. The van der Waals surface area contributed by atoms with Gasteiger partial charge in [-0.05, 0) is 19.1 Å². The van der Waals surface area contributed by atoms with Crippen LogP contribution < -0.4 is 5.32 Å². The van der Waals surface area contributed by atoms with Gasteiger partial charge in [-0.2, -0.15) is 5.10 Å². The highest BCUT2D eigenvalue weighted by atomic mass is 16.3. The Morgan fingerprint density at radius 2 is 2.14 bits per heavy atom. The van der Waals surface area contributed by atoms with Crippen molar-refractivity contribution in [3.63, 3.8) is 0 Å². The Morgan fingerprint density at radius 1 is 1.36 bits per heavy atom. The molecule has 6 nitrogen and oxygen atoms in total. The van der Waals surface area contributed by atoms with E-state index in [1.807, 2.05) is 37.3 Å². The molecule has 0 bridgehead atoms. The number of benzene rings is 1. The molecule has 0 saturated heterocycles. The first kappa shape index (κ1) is 14.3. The lowest BCUT2D eigenvalue weighted by Crippen LogP contribution is -2.38. The maximum Gasteiger partial charge on any atom is 0.268 e. The van der Waals surface area contributed by atoms with E-state index >= 15 is 0 Å². The second kappa shape index (κ2) is 5.63. The predicted octanol–water partition coefficient (Wildman–Crippen LogP) is 2.22. The molecule has 1 N–H and O–H groups in total. The lowest BCUT2D eigenvalue weighted by Gasteiger charge is -2.20. The van der Waals surface area contributed by atoms with Crippen molar-refractivity contribution in [2.24, 2.45) is 5.10 Å². The minimum Gasteiger partial charge on any atom is -0.459 e. The van der Waals surface area contributed by atoms with E-state index in [1.54, 1.807) is 7.05 Å². The highest BCUT2D eigenvalue weighted by Gasteiger charge is 2.23. The summed E-state index contributed by atoms with van der Waals surface area (Å²) in [6, 6.07) is 9.34.